The molecular formula is C10H12FN5S. The summed E-state index contributed by atoms with van der Waals surface area (Å²) in [5.41, 5.74) is 0.752. The zero-order valence-electron chi connectivity index (χ0n) is 9.38. The van der Waals surface area contributed by atoms with Gasteiger partial charge in [-0.15, -0.1) is 0 Å². The Bertz CT molecular complexity index is 542. The van der Waals surface area contributed by atoms with Gasteiger partial charge in [-0.1, -0.05) is 11.8 Å². The Labute approximate surface area is 102 Å². The Morgan fingerprint density at radius 3 is 3.06 bits per heavy atom. The molecular weight excluding hydrogens is 241 g/mol. The molecule has 0 N–H and O–H groups in total. The molecule has 2 aromatic rings. The van der Waals surface area contributed by atoms with Gasteiger partial charge in [0, 0.05) is 12.6 Å². The maximum atomic E-state index is 13.2. The fraction of sp³-hybridized carbons (Fsp3) is 0.500. The van der Waals surface area contributed by atoms with Gasteiger partial charge in [0.25, 0.3) is 0 Å². The maximum absolute atomic E-state index is 13.2. The summed E-state index contributed by atoms with van der Waals surface area (Å²) in [5.74, 6) is 0.685. The van der Waals surface area contributed by atoms with Crippen LogP contribution in [0.2, 0.25) is 0 Å². The second-order valence-electron chi connectivity index (χ2n) is 3.94. The van der Waals surface area contributed by atoms with Gasteiger partial charge in [0.05, 0.1) is 12.7 Å². The average molecular weight is 253 g/mol. The second kappa shape index (κ2) is 4.14. The average Bonchev–Trinajstić information content (AvgIpc) is 2.95. The second-order valence-corrected chi connectivity index (χ2v) is 4.72. The number of thioether (sulfide) groups is 1. The van der Waals surface area contributed by atoms with Gasteiger partial charge in [0.2, 0.25) is 5.95 Å². The lowest BCUT2D eigenvalue weighted by Gasteiger charge is -2.17. The summed E-state index contributed by atoms with van der Waals surface area (Å²) >= 11 is 1.48. The molecule has 0 spiro atoms. The van der Waals surface area contributed by atoms with Crippen molar-refractivity contribution in [3.8, 4) is 0 Å². The minimum atomic E-state index is -0.770. The van der Waals surface area contributed by atoms with Gasteiger partial charge in [-0.3, -0.25) is 0 Å². The van der Waals surface area contributed by atoms with Crippen molar-refractivity contribution >= 4 is 23.4 Å². The summed E-state index contributed by atoms with van der Waals surface area (Å²) in [5, 5.41) is 4.87. The molecule has 0 amide bonds. The van der Waals surface area contributed by atoms with Crippen LogP contribution in [-0.4, -0.2) is 45.1 Å². The van der Waals surface area contributed by atoms with Crippen LogP contribution in [0.5, 0.6) is 0 Å². The number of hydrogen-bond acceptors (Lipinski definition) is 5. The van der Waals surface area contributed by atoms with Crippen LogP contribution in [0.1, 0.15) is 6.42 Å². The van der Waals surface area contributed by atoms with E-state index in [1.54, 1.807) is 10.7 Å². The fourth-order valence-electron chi connectivity index (χ4n) is 1.99. The van der Waals surface area contributed by atoms with E-state index in [1.165, 1.54) is 11.8 Å². The van der Waals surface area contributed by atoms with Gasteiger partial charge in [-0.25, -0.2) is 9.37 Å². The van der Waals surface area contributed by atoms with Crippen molar-refractivity contribution in [1.82, 2.24) is 19.6 Å². The maximum Gasteiger partial charge on any atom is 0.231 e. The van der Waals surface area contributed by atoms with Crippen molar-refractivity contribution in [3.63, 3.8) is 0 Å². The number of hydrogen-bond donors (Lipinski definition) is 0. The number of rotatable bonds is 2. The van der Waals surface area contributed by atoms with Crippen LogP contribution in [0, 0.1) is 0 Å². The van der Waals surface area contributed by atoms with Gasteiger partial charge >= 0.3 is 0 Å². The van der Waals surface area contributed by atoms with Gasteiger partial charge in [-0.2, -0.15) is 14.6 Å². The van der Waals surface area contributed by atoms with E-state index in [9.17, 15) is 4.39 Å². The quantitative estimate of drug-likeness (QED) is 0.757. The number of halogens is 1. The third-order valence-electron chi connectivity index (χ3n) is 2.81. The number of anilines is 1. The summed E-state index contributed by atoms with van der Waals surface area (Å²) in [7, 11) is 0. The number of alkyl halides is 1. The number of nitrogens with zero attached hydrogens (tertiary/aromatic N) is 5. The molecule has 3 heterocycles. The molecule has 0 aliphatic carbocycles. The van der Waals surface area contributed by atoms with E-state index >= 15 is 0 Å². The molecule has 1 aliphatic rings. The van der Waals surface area contributed by atoms with Crippen molar-refractivity contribution in [2.75, 3.05) is 24.2 Å². The smallest absolute Gasteiger partial charge is 0.231 e. The molecule has 7 heteroatoms. The third-order valence-corrected chi connectivity index (χ3v) is 3.36. The van der Waals surface area contributed by atoms with Gasteiger partial charge in [-0.05, 0) is 12.7 Å². The molecule has 2 aromatic heterocycles. The van der Waals surface area contributed by atoms with Crippen molar-refractivity contribution in [2.45, 2.75) is 17.7 Å². The number of aromatic nitrogens is 4. The summed E-state index contributed by atoms with van der Waals surface area (Å²) in [6.45, 7) is 1.07. The standard InChI is InChI=1S/C10H12FN5S/c1-17-9-13-8-2-4-12-16(8)10(14-9)15-5-3-7(11)6-15/h2,4,7H,3,5-6H2,1H3/t7-/m0/s1. The molecule has 0 aromatic carbocycles. The van der Waals surface area contributed by atoms with Crippen molar-refractivity contribution in [3.05, 3.63) is 12.3 Å². The molecule has 5 nitrogen and oxygen atoms in total. The first kappa shape index (κ1) is 10.8. The van der Waals surface area contributed by atoms with E-state index in [-0.39, 0.29) is 0 Å². The van der Waals surface area contributed by atoms with Crippen LogP contribution < -0.4 is 4.90 Å². The third kappa shape index (κ3) is 1.84. The Kier molecular flexibility index (Phi) is 2.62. The topological polar surface area (TPSA) is 46.3 Å². The van der Waals surface area contributed by atoms with E-state index in [4.69, 9.17) is 0 Å². The van der Waals surface area contributed by atoms with Crippen molar-refractivity contribution in [2.24, 2.45) is 0 Å². The van der Waals surface area contributed by atoms with E-state index < -0.39 is 6.17 Å². The van der Waals surface area contributed by atoms with Crippen LogP contribution in [-0.2, 0) is 0 Å². The van der Waals surface area contributed by atoms with Crippen molar-refractivity contribution < 1.29 is 4.39 Å². The largest absolute Gasteiger partial charge is 0.338 e. The SMILES string of the molecule is CSc1nc(N2CC[C@H](F)C2)n2nccc2n1. The predicted octanol–water partition coefficient (Wildman–Crippen LogP) is 1.39. The molecule has 1 atom stereocenters. The summed E-state index contributed by atoms with van der Waals surface area (Å²) in [4.78, 5) is 10.7. The Balaban J connectivity index is 2.10. The lowest BCUT2D eigenvalue weighted by atomic mass is 10.3. The Hall–Kier alpha value is -1.37. The summed E-state index contributed by atoms with van der Waals surface area (Å²) in [6.07, 6.45) is 3.39. The van der Waals surface area contributed by atoms with Crippen LogP contribution in [0.4, 0.5) is 10.3 Å². The highest BCUT2D eigenvalue weighted by Crippen LogP contribution is 2.22. The highest BCUT2D eigenvalue weighted by molar-refractivity contribution is 7.98. The van der Waals surface area contributed by atoms with E-state index in [0.717, 1.165) is 5.65 Å². The molecule has 17 heavy (non-hydrogen) atoms. The molecule has 1 saturated heterocycles. The Morgan fingerprint density at radius 1 is 1.47 bits per heavy atom. The monoisotopic (exact) mass is 253 g/mol. The summed E-state index contributed by atoms with van der Waals surface area (Å²) < 4.78 is 14.9. The molecule has 0 radical (unpaired) electrons. The molecule has 1 aliphatic heterocycles. The normalized spacial score (nSPS) is 20.4. The number of fused-ring (bicyclic) bond motifs is 1. The van der Waals surface area contributed by atoms with Crippen LogP contribution in [0.25, 0.3) is 5.65 Å². The van der Waals surface area contributed by atoms with Crippen LogP contribution in [0.3, 0.4) is 0 Å². The molecule has 3 rings (SSSR count). The van der Waals surface area contributed by atoms with E-state index in [0.29, 0.717) is 30.6 Å². The van der Waals surface area contributed by atoms with Crippen molar-refractivity contribution in [1.29, 1.82) is 0 Å². The first-order valence-corrected chi connectivity index (χ1v) is 6.65. The van der Waals surface area contributed by atoms with E-state index in [1.807, 2.05) is 17.2 Å². The van der Waals surface area contributed by atoms with Crippen LogP contribution >= 0.6 is 11.8 Å². The highest BCUT2D eigenvalue weighted by Gasteiger charge is 2.25. The van der Waals surface area contributed by atoms with Gasteiger partial charge < -0.3 is 4.90 Å². The lowest BCUT2D eigenvalue weighted by molar-refractivity contribution is 0.364. The fourth-order valence-corrected chi connectivity index (χ4v) is 2.34. The van der Waals surface area contributed by atoms with E-state index in [2.05, 4.69) is 15.1 Å². The molecule has 0 saturated carbocycles. The zero-order chi connectivity index (χ0) is 11.8. The minimum Gasteiger partial charge on any atom is -0.338 e. The zero-order valence-corrected chi connectivity index (χ0v) is 10.2. The molecule has 90 valence electrons. The highest BCUT2D eigenvalue weighted by atomic mass is 32.2. The molecule has 0 unspecified atom stereocenters. The first-order valence-electron chi connectivity index (χ1n) is 5.42. The summed E-state index contributed by atoms with van der Waals surface area (Å²) in [6, 6.07) is 1.83. The molecule has 1 fully saturated rings. The van der Waals surface area contributed by atoms with Gasteiger partial charge in [0.15, 0.2) is 10.8 Å². The minimum absolute atomic E-state index is 0.389. The lowest BCUT2D eigenvalue weighted by Crippen LogP contribution is -2.24. The van der Waals surface area contributed by atoms with Crippen LogP contribution in [0.15, 0.2) is 17.4 Å². The molecule has 0 bridgehead atoms. The predicted molar refractivity (Wildman–Crippen MR) is 64.3 cm³/mol. The first-order chi connectivity index (χ1) is 8.28. The Morgan fingerprint density at radius 2 is 2.35 bits per heavy atom. The van der Waals surface area contributed by atoms with Gasteiger partial charge in [0.1, 0.15) is 6.17 Å².